The number of carbonyl (C=O) groups is 1. The lowest BCUT2D eigenvalue weighted by Gasteiger charge is -2.30. The number of nitrogens with zero attached hydrogens (tertiary/aromatic N) is 3. The quantitative estimate of drug-likeness (QED) is 0.789. The number of Topliss-reactive ketones (excluding diaryl/α,β-unsaturated/α-hetero) is 1. The third-order valence-corrected chi connectivity index (χ3v) is 6.38. The molecule has 0 aliphatic carbocycles. The number of aryl methyl sites for hydroxylation is 2. The molecular formula is C18H23N3O3S. The molecule has 1 aromatic carbocycles. The summed E-state index contributed by atoms with van der Waals surface area (Å²) in [6.45, 7) is 0.702. The highest BCUT2D eigenvalue weighted by atomic mass is 32.2. The molecule has 1 aliphatic heterocycles. The van der Waals surface area contributed by atoms with E-state index < -0.39 is 10.0 Å². The van der Waals surface area contributed by atoms with Gasteiger partial charge in [-0.05, 0) is 24.8 Å². The van der Waals surface area contributed by atoms with Crippen LogP contribution in [0.3, 0.4) is 0 Å². The Morgan fingerprint density at radius 3 is 2.72 bits per heavy atom. The lowest BCUT2D eigenvalue weighted by molar-refractivity contribution is -0.123. The van der Waals surface area contributed by atoms with Crippen molar-refractivity contribution in [2.24, 2.45) is 13.0 Å². The van der Waals surface area contributed by atoms with E-state index in [9.17, 15) is 13.2 Å². The first-order valence-corrected chi connectivity index (χ1v) is 9.95. The smallest absolute Gasteiger partial charge is 0.262 e. The fourth-order valence-electron chi connectivity index (χ4n) is 3.19. The SMILES string of the molecule is Cn1cnc(S(=O)(=O)N2CCC[C@H](C(=O)CCc3ccccc3)C2)c1. The molecule has 1 fully saturated rings. The van der Waals surface area contributed by atoms with Gasteiger partial charge in [0.15, 0.2) is 5.03 Å². The molecule has 1 aliphatic rings. The van der Waals surface area contributed by atoms with Crippen molar-refractivity contribution in [3.8, 4) is 0 Å². The van der Waals surface area contributed by atoms with Crippen molar-refractivity contribution in [1.29, 1.82) is 0 Å². The van der Waals surface area contributed by atoms with Gasteiger partial charge in [0.2, 0.25) is 0 Å². The Morgan fingerprint density at radius 2 is 2.04 bits per heavy atom. The summed E-state index contributed by atoms with van der Waals surface area (Å²) in [7, 11) is -1.89. The number of hydrogen-bond acceptors (Lipinski definition) is 4. The van der Waals surface area contributed by atoms with Crippen LogP contribution in [0, 0.1) is 5.92 Å². The Kier molecular flexibility index (Phi) is 5.34. The average molecular weight is 361 g/mol. The van der Waals surface area contributed by atoms with E-state index >= 15 is 0 Å². The summed E-state index contributed by atoms with van der Waals surface area (Å²) in [5.41, 5.74) is 1.13. The second-order valence-corrected chi connectivity index (χ2v) is 8.42. The molecule has 1 aromatic heterocycles. The van der Waals surface area contributed by atoms with Crippen LogP contribution >= 0.6 is 0 Å². The highest BCUT2D eigenvalue weighted by Crippen LogP contribution is 2.24. The second-order valence-electron chi connectivity index (χ2n) is 6.53. The number of sulfonamides is 1. The van der Waals surface area contributed by atoms with Gasteiger partial charge < -0.3 is 4.57 Å². The zero-order valence-corrected chi connectivity index (χ0v) is 15.2. The van der Waals surface area contributed by atoms with Crippen molar-refractivity contribution in [3.63, 3.8) is 0 Å². The standard InChI is InChI=1S/C18H23N3O3S/c1-20-13-18(19-14-20)25(23,24)21-11-5-8-16(12-21)17(22)10-9-15-6-3-2-4-7-15/h2-4,6-7,13-14,16H,5,8-12H2,1H3/t16-/m0/s1. The molecule has 2 heterocycles. The number of imidazole rings is 1. The van der Waals surface area contributed by atoms with Crippen molar-refractivity contribution in [2.45, 2.75) is 30.7 Å². The van der Waals surface area contributed by atoms with Gasteiger partial charge in [0.1, 0.15) is 5.78 Å². The number of hydrogen-bond donors (Lipinski definition) is 0. The number of rotatable bonds is 6. The molecule has 7 heteroatoms. The van der Waals surface area contributed by atoms with Gasteiger partial charge >= 0.3 is 0 Å². The van der Waals surface area contributed by atoms with Gasteiger partial charge in [0.25, 0.3) is 10.0 Å². The molecule has 0 saturated carbocycles. The summed E-state index contributed by atoms with van der Waals surface area (Å²) in [6.07, 6.45) is 5.57. The van der Waals surface area contributed by atoms with Crippen LogP contribution in [0.2, 0.25) is 0 Å². The molecule has 0 amide bonds. The Hall–Kier alpha value is -1.99. The zero-order chi connectivity index (χ0) is 17.9. The second kappa shape index (κ2) is 7.49. The molecule has 0 unspecified atom stereocenters. The largest absolute Gasteiger partial charge is 0.339 e. The fourth-order valence-corrected chi connectivity index (χ4v) is 4.68. The predicted molar refractivity (Wildman–Crippen MR) is 94.5 cm³/mol. The van der Waals surface area contributed by atoms with Crippen molar-refractivity contribution >= 4 is 15.8 Å². The molecular weight excluding hydrogens is 338 g/mol. The first-order chi connectivity index (χ1) is 12.0. The summed E-state index contributed by atoms with van der Waals surface area (Å²) in [5.74, 6) is -0.0827. The molecule has 6 nitrogen and oxygen atoms in total. The summed E-state index contributed by atoms with van der Waals surface area (Å²) >= 11 is 0. The molecule has 3 rings (SSSR count). The van der Waals surface area contributed by atoms with Crippen molar-refractivity contribution < 1.29 is 13.2 Å². The van der Waals surface area contributed by atoms with Crippen LogP contribution in [0.1, 0.15) is 24.8 Å². The van der Waals surface area contributed by atoms with Gasteiger partial charge in [-0.15, -0.1) is 0 Å². The molecule has 1 atom stereocenters. The molecule has 0 bridgehead atoms. The topological polar surface area (TPSA) is 72.3 Å². The van der Waals surface area contributed by atoms with E-state index in [1.807, 2.05) is 30.3 Å². The highest BCUT2D eigenvalue weighted by molar-refractivity contribution is 7.89. The van der Waals surface area contributed by atoms with Crippen molar-refractivity contribution in [3.05, 3.63) is 48.4 Å². The van der Waals surface area contributed by atoms with Crippen molar-refractivity contribution in [2.75, 3.05) is 13.1 Å². The summed E-state index contributed by atoms with van der Waals surface area (Å²) < 4.78 is 28.4. The third kappa shape index (κ3) is 4.16. The van der Waals surface area contributed by atoms with E-state index in [1.54, 1.807) is 11.6 Å². The van der Waals surface area contributed by atoms with E-state index in [0.717, 1.165) is 12.0 Å². The Morgan fingerprint density at radius 1 is 1.28 bits per heavy atom. The van der Waals surface area contributed by atoms with Crippen LogP contribution in [-0.2, 0) is 28.3 Å². The van der Waals surface area contributed by atoms with Crippen LogP contribution in [0.4, 0.5) is 0 Å². The number of benzene rings is 1. The molecule has 0 spiro atoms. The molecule has 1 saturated heterocycles. The minimum Gasteiger partial charge on any atom is -0.339 e. The molecule has 25 heavy (non-hydrogen) atoms. The minimum atomic E-state index is -3.63. The van der Waals surface area contributed by atoms with Gasteiger partial charge in [0, 0.05) is 38.7 Å². The third-order valence-electron chi connectivity index (χ3n) is 4.63. The maximum atomic E-state index is 12.7. The van der Waals surface area contributed by atoms with E-state index in [4.69, 9.17) is 0 Å². The van der Waals surface area contributed by atoms with Gasteiger partial charge in [-0.2, -0.15) is 4.31 Å². The number of ketones is 1. The lowest BCUT2D eigenvalue weighted by atomic mass is 9.91. The molecule has 134 valence electrons. The van der Waals surface area contributed by atoms with Crippen LogP contribution in [0.5, 0.6) is 0 Å². The first kappa shape index (κ1) is 17.8. The predicted octanol–water partition coefficient (Wildman–Crippen LogP) is 2.02. The summed E-state index contributed by atoms with van der Waals surface area (Å²) in [5, 5.41) is 0.0485. The van der Waals surface area contributed by atoms with E-state index in [0.29, 0.717) is 25.8 Å². The molecule has 0 N–H and O–H groups in total. The van der Waals surface area contributed by atoms with E-state index in [2.05, 4.69) is 4.98 Å². The normalized spacial score (nSPS) is 19.0. The van der Waals surface area contributed by atoms with Gasteiger partial charge in [0.05, 0.1) is 6.33 Å². The average Bonchev–Trinajstić information content (AvgIpc) is 3.08. The van der Waals surface area contributed by atoms with Gasteiger partial charge in [-0.3, -0.25) is 4.79 Å². The first-order valence-electron chi connectivity index (χ1n) is 8.51. The zero-order valence-electron chi connectivity index (χ0n) is 14.3. The lowest BCUT2D eigenvalue weighted by Crippen LogP contribution is -2.42. The fraction of sp³-hybridized carbons (Fsp3) is 0.444. The molecule has 2 aromatic rings. The number of piperidine rings is 1. The highest BCUT2D eigenvalue weighted by Gasteiger charge is 2.34. The number of carbonyl (C=O) groups excluding carboxylic acids is 1. The van der Waals surface area contributed by atoms with Crippen LogP contribution in [-0.4, -0.2) is 41.1 Å². The van der Waals surface area contributed by atoms with Crippen molar-refractivity contribution in [1.82, 2.24) is 13.9 Å². The van der Waals surface area contributed by atoms with E-state index in [1.165, 1.54) is 16.8 Å². The summed E-state index contributed by atoms with van der Waals surface area (Å²) in [4.78, 5) is 16.5. The minimum absolute atomic E-state index is 0.0485. The monoisotopic (exact) mass is 361 g/mol. The maximum absolute atomic E-state index is 12.7. The Balaban J connectivity index is 1.63. The number of aromatic nitrogens is 2. The van der Waals surface area contributed by atoms with Crippen LogP contribution in [0.25, 0.3) is 0 Å². The van der Waals surface area contributed by atoms with Crippen LogP contribution < -0.4 is 0 Å². The molecule has 0 radical (unpaired) electrons. The van der Waals surface area contributed by atoms with Crippen LogP contribution in [0.15, 0.2) is 47.9 Å². The Bertz CT molecular complexity index is 830. The summed E-state index contributed by atoms with van der Waals surface area (Å²) in [6, 6.07) is 9.88. The maximum Gasteiger partial charge on any atom is 0.262 e. The Labute approximate surface area is 148 Å². The van der Waals surface area contributed by atoms with Gasteiger partial charge in [-0.1, -0.05) is 30.3 Å². The van der Waals surface area contributed by atoms with Gasteiger partial charge in [-0.25, -0.2) is 13.4 Å². The van der Waals surface area contributed by atoms with E-state index in [-0.39, 0.29) is 23.3 Å².